The quantitative estimate of drug-likeness (QED) is 0.0453. The zero-order valence-electron chi connectivity index (χ0n) is 34.3. The lowest BCUT2D eigenvalue weighted by molar-refractivity contribution is -0.00206. The average molecular weight is 767 g/mol. The molecule has 0 aromatic carbocycles. The molecule has 0 radical (unpaired) electrons. The highest BCUT2D eigenvalue weighted by Crippen LogP contribution is 2.32. The van der Waals surface area contributed by atoms with Gasteiger partial charge >= 0.3 is 8.25 Å². The summed E-state index contributed by atoms with van der Waals surface area (Å²) in [6.07, 6.45) is 38.1. The highest BCUT2D eigenvalue weighted by Gasteiger charge is 2.24. The molecule has 0 N–H and O–H groups in total. The van der Waals surface area contributed by atoms with Crippen LogP contribution in [0.25, 0.3) is 0 Å². The van der Waals surface area contributed by atoms with Crippen LogP contribution < -0.4 is 0 Å². The molecule has 302 valence electrons. The first-order valence-electron chi connectivity index (χ1n) is 21.6. The molecular weight excluding hydrogens is 680 g/mol. The zero-order valence-corrected chi connectivity index (χ0v) is 36.9. The Hall–Kier alpha value is 0.770. The minimum Gasteiger partial charge on any atom is -0.378 e. The van der Waals surface area contributed by atoms with Crippen molar-refractivity contribution in [3.8, 4) is 0 Å². The third kappa shape index (κ3) is 34.5. The van der Waals surface area contributed by atoms with Gasteiger partial charge in [0.05, 0.1) is 24.4 Å². The maximum atomic E-state index is 12.8. The maximum absolute atomic E-state index is 12.8. The number of thioether (sulfide) groups is 2. The number of rotatable bonds is 42. The summed E-state index contributed by atoms with van der Waals surface area (Å²) in [6.45, 7) is 8.46. The highest BCUT2D eigenvalue weighted by atomic mass is 32.2. The average Bonchev–Trinajstić information content (AvgIpc) is 3.10. The fourth-order valence-corrected chi connectivity index (χ4v) is 9.86. The summed E-state index contributed by atoms with van der Waals surface area (Å²) in [4.78, 5) is 0. The molecule has 0 fully saturated rings. The molecule has 0 saturated heterocycles. The van der Waals surface area contributed by atoms with Crippen molar-refractivity contribution in [3.63, 3.8) is 0 Å². The van der Waals surface area contributed by atoms with Crippen LogP contribution in [0.15, 0.2) is 0 Å². The van der Waals surface area contributed by atoms with Crippen LogP contribution in [0.5, 0.6) is 0 Å². The van der Waals surface area contributed by atoms with Gasteiger partial charge in [-0.1, -0.05) is 181 Å². The van der Waals surface area contributed by atoms with Gasteiger partial charge in [-0.15, -0.1) is 0 Å². The van der Waals surface area contributed by atoms with Gasteiger partial charge in [0.1, 0.15) is 0 Å². The Morgan fingerprint density at radius 2 is 0.660 bits per heavy atom. The fourth-order valence-electron chi connectivity index (χ4n) is 6.47. The first-order chi connectivity index (χ1) is 24.5. The third-order valence-electron chi connectivity index (χ3n) is 10.1. The van der Waals surface area contributed by atoms with Crippen LogP contribution in [-0.4, -0.2) is 61.6 Å². The summed E-state index contributed by atoms with van der Waals surface area (Å²) in [7, 11) is 0.789. The standard InChI is InChI=1S/C42H87O5PS2/c1-7-9-11-13-15-17-19-21-23-25-27-29-31-33-35-49-37-41(44-5)39(3)46-48(43)47-40(4)42(45-6)38-50-36-34-32-30-28-26-24-22-20-18-16-14-12-10-8-2/h39-42,48H,7-38H2,1-6H3/t39?,40?,41-,42-/m1/s1. The molecule has 8 heteroatoms. The Labute approximate surface area is 322 Å². The number of methoxy groups -OCH3 is 2. The second-order valence-electron chi connectivity index (χ2n) is 14.8. The molecule has 0 saturated carbocycles. The Balaban J connectivity index is 3.80. The summed E-state index contributed by atoms with van der Waals surface area (Å²) < 4.78 is 35.8. The number of unbranched alkanes of at least 4 members (excludes halogenated alkanes) is 26. The van der Waals surface area contributed by atoms with E-state index in [1.54, 1.807) is 14.2 Å². The predicted octanol–water partition coefficient (Wildman–Crippen LogP) is 14.6. The second-order valence-corrected chi connectivity index (χ2v) is 18.1. The topological polar surface area (TPSA) is 54.0 Å². The van der Waals surface area contributed by atoms with Crippen LogP contribution in [0.4, 0.5) is 0 Å². The smallest absolute Gasteiger partial charge is 0.319 e. The molecule has 0 aliphatic rings. The fraction of sp³-hybridized carbons (Fsp3) is 1.00. The maximum Gasteiger partial charge on any atom is 0.319 e. The lowest BCUT2D eigenvalue weighted by atomic mass is 10.0. The Morgan fingerprint density at radius 1 is 0.420 bits per heavy atom. The van der Waals surface area contributed by atoms with Crippen molar-refractivity contribution in [1.29, 1.82) is 0 Å². The second kappa shape index (κ2) is 40.9. The van der Waals surface area contributed by atoms with E-state index >= 15 is 0 Å². The number of hydrogen-bond donors (Lipinski definition) is 0. The SMILES string of the molecule is CCCCCCCCCCCCCCCCSC[C@@H](OC)C(C)O[PH](=O)OC(C)[C@@H](CSCCCCCCCCCCCCCCCC)OC. The van der Waals surface area contributed by atoms with E-state index in [1.807, 2.05) is 37.4 Å². The van der Waals surface area contributed by atoms with E-state index in [0.717, 1.165) is 23.0 Å². The minimum atomic E-state index is -2.64. The lowest BCUT2D eigenvalue weighted by Crippen LogP contribution is -2.31. The van der Waals surface area contributed by atoms with Crippen molar-refractivity contribution in [2.75, 3.05) is 37.2 Å². The van der Waals surface area contributed by atoms with Crippen molar-refractivity contribution in [2.24, 2.45) is 0 Å². The van der Waals surface area contributed by atoms with Crippen LogP contribution >= 0.6 is 31.8 Å². The van der Waals surface area contributed by atoms with E-state index in [0.29, 0.717) is 0 Å². The molecule has 2 unspecified atom stereocenters. The van der Waals surface area contributed by atoms with Gasteiger partial charge in [-0.3, -0.25) is 4.57 Å². The van der Waals surface area contributed by atoms with E-state index in [9.17, 15) is 4.57 Å². The summed E-state index contributed by atoms with van der Waals surface area (Å²) in [5, 5.41) is 0. The largest absolute Gasteiger partial charge is 0.378 e. The number of hydrogen-bond acceptors (Lipinski definition) is 7. The van der Waals surface area contributed by atoms with Crippen LogP contribution in [0.2, 0.25) is 0 Å². The summed E-state index contributed by atoms with van der Waals surface area (Å²) in [5.74, 6) is 3.97. The van der Waals surface area contributed by atoms with Crippen LogP contribution in [0.1, 0.15) is 207 Å². The van der Waals surface area contributed by atoms with Crippen LogP contribution in [0.3, 0.4) is 0 Å². The molecule has 0 amide bonds. The van der Waals surface area contributed by atoms with E-state index in [1.165, 1.54) is 180 Å². The van der Waals surface area contributed by atoms with Crippen molar-refractivity contribution >= 4 is 31.8 Å². The molecule has 4 atom stereocenters. The molecule has 0 aromatic heterocycles. The van der Waals surface area contributed by atoms with Crippen molar-refractivity contribution in [3.05, 3.63) is 0 Å². The Bertz CT molecular complexity index is 635. The van der Waals surface area contributed by atoms with Crippen LogP contribution in [-0.2, 0) is 23.1 Å². The van der Waals surface area contributed by atoms with E-state index < -0.39 is 8.25 Å². The first kappa shape index (κ1) is 50.8. The molecule has 0 bridgehead atoms. The van der Waals surface area contributed by atoms with Gasteiger partial charge in [0.25, 0.3) is 0 Å². The molecular formula is C42H87O5PS2. The molecule has 0 spiro atoms. The molecule has 0 rings (SSSR count). The van der Waals surface area contributed by atoms with E-state index in [4.69, 9.17) is 18.5 Å². The lowest BCUT2D eigenvalue weighted by Gasteiger charge is -2.25. The molecule has 0 aliphatic heterocycles. The van der Waals surface area contributed by atoms with Crippen molar-refractivity contribution in [2.45, 2.75) is 232 Å². The molecule has 0 heterocycles. The third-order valence-corrected chi connectivity index (χ3v) is 13.5. The summed E-state index contributed by atoms with van der Waals surface area (Å²) in [6, 6.07) is 0. The van der Waals surface area contributed by atoms with Gasteiger partial charge in [0.2, 0.25) is 0 Å². The molecule has 0 aromatic rings. The molecule has 0 aliphatic carbocycles. The first-order valence-corrected chi connectivity index (χ1v) is 25.1. The number of ether oxygens (including phenoxy) is 2. The minimum absolute atomic E-state index is 0.0987. The van der Waals surface area contributed by atoms with Gasteiger partial charge in [0, 0.05) is 25.7 Å². The molecule has 50 heavy (non-hydrogen) atoms. The van der Waals surface area contributed by atoms with Gasteiger partial charge in [0.15, 0.2) is 0 Å². The normalized spacial score (nSPS) is 14.9. The van der Waals surface area contributed by atoms with Gasteiger partial charge < -0.3 is 18.5 Å². The van der Waals surface area contributed by atoms with Crippen molar-refractivity contribution in [1.82, 2.24) is 0 Å². The Morgan fingerprint density at radius 3 is 0.900 bits per heavy atom. The Kier molecular flexibility index (Phi) is 41.6. The van der Waals surface area contributed by atoms with Crippen LogP contribution in [0, 0.1) is 0 Å². The summed E-state index contributed by atoms with van der Waals surface area (Å²) >= 11 is 3.83. The summed E-state index contributed by atoms with van der Waals surface area (Å²) in [5.41, 5.74) is 0. The van der Waals surface area contributed by atoms with Gasteiger partial charge in [-0.2, -0.15) is 23.5 Å². The van der Waals surface area contributed by atoms with Gasteiger partial charge in [-0.05, 0) is 38.2 Å². The zero-order chi connectivity index (χ0) is 36.8. The highest BCUT2D eigenvalue weighted by molar-refractivity contribution is 7.99. The molecule has 5 nitrogen and oxygen atoms in total. The van der Waals surface area contributed by atoms with E-state index in [2.05, 4.69) is 13.8 Å². The van der Waals surface area contributed by atoms with Crippen molar-refractivity contribution < 1.29 is 23.1 Å². The predicted molar refractivity (Wildman–Crippen MR) is 227 cm³/mol. The van der Waals surface area contributed by atoms with E-state index in [-0.39, 0.29) is 24.4 Å². The monoisotopic (exact) mass is 767 g/mol. The van der Waals surface area contributed by atoms with Gasteiger partial charge in [-0.25, -0.2) is 0 Å².